The molecule has 118 valence electrons. The molecule has 0 aromatic rings. The van der Waals surface area contributed by atoms with Crippen molar-refractivity contribution in [2.45, 2.75) is 54.4 Å². The predicted molar refractivity (Wildman–Crippen MR) is 101 cm³/mol. The highest BCUT2D eigenvalue weighted by Gasteiger charge is 2.28. The van der Waals surface area contributed by atoms with E-state index in [-0.39, 0.29) is 7.43 Å². The van der Waals surface area contributed by atoms with Gasteiger partial charge in [0.1, 0.15) is 0 Å². The van der Waals surface area contributed by atoms with Gasteiger partial charge in [-0.05, 0) is 73.5 Å². The fourth-order valence-electron chi connectivity index (χ4n) is 3.24. The summed E-state index contributed by atoms with van der Waals surface area (Å²) in [5.74, 6) is 0. The first-order chi connectivity index (χ1) is 10.3. The quantitative estimate of drug-likeness (QED) is 0.523. The van der Waals surface area contributed by atoms with Gasteiger partial charge < -0.3 is 0 Å². The number of hydrogen-bond acceptors (Lipinski definition) is 0. The van der Waals surface area contributed by atoms with Gasteiger partial charge in [0.05, 0.1) is 0 Å². The predicted octanol–water partition coefficient (Wildman–Crippen LogP) is 7.01. The van der Waals surface area contributed by atoms with Crippen molar-refractivity contribution >= 4 is 0 Å². The van der Waals surface area contributed by atoms with Gasteiger partial charge in [-0.15, -0.1) is 0 Å². The molecule has 0 unspecified atom stereocenters. The van der Waals surface area contributed by atoms with Crippen molar-refractivity contribution < 1.29 is 0 Å². The van der Waals surface area contributed by atoms with E-state index in [0.29, 0.717) is 0 Å². The summed E-state index contributed by atoms with van der Waals surface area (Å²) in [6.45, 7) is 8.52. The topological polar surface area (TPSA) is 0 Å². The molecule has 0 bridgehead atoms. The molecule has 0 fully saturated rings. The van der Waals surface area contributed by atoms with E-state index in [1.54, 1.807) is 0 Å². The molecule has 0 heteroatoms. The minimum absolute atomic E-state index is 0. The minimum Gasteiger partial charge on any atom is -0.0870 e. The van der Waals surface area contributed by atoms with Gasteiger partial charge in [-0.2, -0.15) is 0 Å². The van der Waals surface area contributed by atoms with E-state index < -0.39 is 0 Å². The smallest absolute Gasteiger partial charge is 0.00732 e. The lowest BCUT2D eigenvalue weighted by Crippen LogP contribution is -2.00. The Bertz CT molecular complexity index is 610. The Labute approximate surface area is 137 Å². The van der Waals surface area contributed by atoms with Crippen molar-refractivity contribution in [1.82, 2.24) is 0 Å². The molecule has 2 rings (SSSR count). The van der Waals surface area contributed by atoms with Gasteiger partial charge in [-0.25, -0.2) is 0 Å². The van der Waals surface area contributed by atoms with Crippen LogP contribution in [-0.4, -0.2) is 0 Å². The van der Waals surface area contributed by atoms with Crippen LogP contribution >= 0.6 is 0 Å². The zero-order chi connectivity index (χ0) is 15.2. The molecule has 0 nitrogen and oxygen atoms in total. The molecule has 0 saturated carbocycles. The molecular weight excluding hydrogens is 264 g/mol. The Kier molecular flexibility index (Phi) is 7.11. The Morgan fingerprint density at radius 2 is 1.50 bits per heavy atom. The maximum Gasteiger partial charge on any atom is -0.00732 e. The highest BCUT2D eigenvalue weighted by molar-refractivity contribution is 5.77. The van der Waals surface area contributed by atoms with Gasteiger partial charge in [-0.3, -0.25) is 0 Å². The summed E-state index contributed by atoms with van der Waals surface area (Å²) in [5, 5.41) is 0. The normalized spacial score (nSPS) is 20.5. The fraction of sp³-hybridized carbons (Fsp3) is 0.364. The molecule has 2 aliphatic rings. The van der Waals surface area contributed by atoms with Crippen molar-refractivity contribution in [3.8, 4) is 0 Å². The van der Waals surface area contributed by atoms with Gasteiger partial charge >= 0.3 is 0 Å². The molecule has 2 aliphatic carbocycles. The van der Waals surface area contributed by atoms with Crippen molar-refractivity contribution in [3.05, 3.63) is 82.0 Å². The summed E-state index contributed by atoms with van der Waals surface area (Å²) in [6, 6.07) is 0. The summed E-state index contributed by atoms with van der Waals surface area (Å²) in [6.07, 6.45) is 21.5. The molecular formula is C22H30. The van der Waals surface area contributed by atoms with Crippen LogP contribution < -0.4 is 0 Å². The lowest BCUT2D eigenvalue weighted by Gasteiger charge is -2.18. The van der Waals surface area contributed by atoms with Crippen LogP contribution in [0.15, 0.2) is 82.0 Å². The molecule has 22 heavy (non-hydrogen) atoms. The van der Waals surface area contributed by atoms with Crippen molar-refractivity contribution in [3.63, 3.8) is 0 Å². The van der Waals surface area contributed by atoms with Crippen LogP contribution in [0.1, 0.15) is 54.4 Å². The minimum atomic E-state index is 0. The molecule has 0 radical (unpaired) electrons. The van der Waals surface area contributed by atoms with Crippen LogP contribution in [0.4, 0.5) is 0 Å². The van der Waals surface area contributed by atoms with Crippen molar-refractivity contribution in [2.75, 3.05) is 0 Å². The first kappa shape index (κ1) is 18.2. The molecule has 0 aromatic heterocycles. The Balaban J connectivity index is 0.00000242. The van der Waals surface area contributed by atoms with Crippen molar-refractivity contribution in [1.29, 1.82) is 0 Å². The monoisotopic (exact) mass is 294 g/mol. The second-order valence-electron chi connectivity index (χ2n) is 5.41. The maximum atomic E-state index is 2.41. The molecule has 0 spiro atoms. The SMILES string of the molecule is C.C/C=C\C1=C(/C=C\C)C(/C=C\C)=C2C1=CCC/C2=C/CC. The van der Waals surface area contributed by atoms with Gasteiger partial charge in [0.25, 0.3) is 0 Å². The summed E-state index contributed by atoms with van der Waals surface area (Å²) in [7, 11) is 0. The average Bonchev–Trinajstić information content (AvgIpc) is 2.77. The molecule has 0 atom stereocenters. The maximum absolute atomic E-state index is 2.41. The van der Waals surface area contributed by atoms with Crippen LogP contribution in [0.5, 0.6) is 0 Å². The van der Waals surface area contributed by atoms with E-state index >= 15 is 0 Å². The number of rotatable bonds is 4. The van der Waals surface area contributed by atoms with E-state index in [4.69, 9.17) is 0 Å². The summed E-state index contributed by atoms with van der Waals surface area (Å²) in [5.41, 5.74) is 8.53. The Morgan fingerprint density at radius 3 is 2.09 bits per heavy atom. The third-order valence-electron chi connectivity index (χ3n) is 3.94. The first-order valence-electron chi connectivity index (χ1n) is 8.05. The zero-order valence-corrected chi connectivity index (χ0v) is 13.7. The average molecular weight is 294 g/mol. The first-order valence-corrected chi connectivity index (χ1v) is 8.05. The fourth-order valence-corrected chi connectivity index (χ4v) is 3.24. The van der Waals surface area contributed by atoms with Gasteiger partial charge in [0.2, 0.25) is 0 Å². The summed E-state index contributed by atoms with van der Waals surface area (Å²) < 4.78 is 0. The lowest BCUT2D eigenvalue weighted by atomic mass is 9.86. The third kappa shape index (κ3) is 3.32. The summed E-state index contributed by atoms with van der Waals surface area (Å²) >= 11 is 0. The van der Waals surface area contributed by atoms with E-state index in [2.05, 4.69) is 76.3 Å². The van der Waals surface area contributed by atoms with Crippen LogP contribution in [-0.2, 0) is 0 Å². The third-order valence-corrected chi connectivity index (χ3v) is 3.94. The zero-order valence-electron chi connectivity index (χ0n) is 13.7. The lowest BCUT2D eigenvalue weighted by molar-refractivity contribution is 0.938. The van der Waals surface area contributed by atoms with E-state index in [9.17, 15) is 0 Å². The van der Waals surface area contributed by atoms with E-state index in [0.717, 1.165) is 12.8 Å². The molecule has 0 aliphatic heterocycles. The van der Waals surface area contributed by atoms with Crippen LogP contribution in [0.2, 0.25) is 0 Å². The van der Waals surface area contributed by atoms with E-state index in [1.807, 2.05) is 0 Å². The van der Waals surface area contributed by atoms with E-state index in [1.165, 1.54) is 39.9 Å². The number of allylic oxidation sites excluding steroid dienone is 14. The van der Waals surface area contributed by atoms with Gasteiger partial charge in [0, 0.05) is 0 Å². The highest BCUT2D eigenvalue weighted by atomic mass is 14.3. The molecule has 0 aromatic carbocycles. The van der Waals surface area contributed by atoms with Crippen LogP contribution in [0, 0.1) is 0 Å². The Morgan fingerprint density at radius 1 is 0.909 bits per heavy atom. The molecule has 0 N–H and O–H groups in total. The summed E-state index contributed by atoms with van der Waals surface area (Å²) in [4.78, 5) is 0. The standard InChI is InChI=1S/C21H26.CH4/c1-5-10-16-14-9-15-20-18(12-7-3)17(11-6-2)19(13-8-4)21(16)20;/h6-8,10-13,15H,5,9,14H2,1-4H3;1H4/b11-6-,12-7-,13-8-,16-10-;. The number of fused-ring (bicyclic) bond motifs is 1. The molecule has 0 saturated heterocycles. The largest absolute Gasteiger partial charge is 0.0870 e. The molecule has 0 amide bonds. The molecule has 0 heterocycles. The second kappa shape index (κ2) is 8.58. The van der Waals surface area contributed by atoms with Crippen LogP contribution in [0.3, 0.4) is 0 Å². The highest BCUT2D eigenvalue weighted by Crippen LogP contribution is 2.46. The second-order valence-corrected chi connectivity index (χ2v) is 5.41. The van der Waals surface area contributed by atoms with Crippen LogP contribution in [0.25, 0.3) is 0 Å². The number of hydrogen-bond donors (Lipinski definition) is 0. The van der Waals surface area contributed by atoms with Gasteiger partial charge in [0.15, 0.2) is 0 Å². The van der Waals surface area contributed by atoms with Crippen molar-refractivity contribution in [2.24, 2.45) is 0 Å². The van der Waals surface area contributed by atoms with Gasteiger partial charge in [-0.1, -0.05) is 63.0 Å². The Hall–Kier alpha value is -1.82.